The molecule has 4 saturated carbocycles. The zero-order chi connectivity index (χ0) is 30.8. The van der Waals surface area contributed by atoms with Crippen LogP contribution in [0.25, 0.3) is 0 Å². The van der Waals surface area contributed by atoms with Crippen LogP contribution in [0, 0.1) is 23.2 Å². The molecule has 0 aromatic heterocycles. The van der Waals surface area contributed by atoms with Crippen LogP contribution in [-0.2, 0) is 9.59 Å². The number of nitrogens with zero attached hydrogens (tertiary/aromatic N) is 4. The number of carboxylic acid groups (broad SMARTS) is 1. The van der Waals surface area contributed by atoms with Crippen molar-refractivity contribution in [1.29, 1.82) is 0 Å². The molecule has 2 aliphatic heterocycles. The number of anilines is 4. The number of primary amides is 1. The van der Waals surface area contributed by atoms with Crippen molar-refractivity contribution in [2.75, 3.05) is 54.0 Å². The first kappa shape index (κ1) is 29.0. The molecule has 234 valence electrons. The highest BCUT2D eigenvalue weighted by molar-refractivity contribution is 5.98. The third kappa shape index (κ3) is 4.78. The molecule has 8 rings (SSSR count). The molecule has 6 aliphatic rings. The summed E-state index contributed by atoms with van der Waals surface area (Å²) in [6, 6.07) is 16.7. The average Bonchev–Trinajstić information content (AvgIpc) is 3.02. The van der Waals surface area contributed by atoms with Crippen molar-refractivity contribution in [3.8, 4) is 0 Å². The first-order valence-corrected chi connectivity index (χ1v) is 16.1. The lowest BCUT2D eigenvalue weighted by atomic mass is 9.47. The first-order valence-electron chi connectivity index (χ1n) is 16.1. The Kier molecular flexibility index (Phi) is 7.03. The molecule has 2 aromatic rings. The van der Waals surface area contributed by atoms with Gasteiger partial charge in [-0.15, -0.1) is 0 Å². The van der Waals surface area contributed by atoms with E-state index < -0.39 is 11.5 Å². The minimum absolute atomic E-state index is 0.0525. The smallest absolute Gasteiger partial charge is 0.323 e. The van der Waals surface area contributed by atoms with Crippen LogP contribution in [-0.4, -0.2) is 78.8 Å². The Hall–Kier alpha value is -3.79. The summed E-state index contributed by atoms with van der Waals surface area (Å²) in [6.07, 6.45) is 4.68. The number of urea groups is 1. The molecule has 3 unspecified atom stereocenters. The van der Waals surface area contributed by atoms with Crippen LogP contribution < -0.4 is 25.8 Å². The van der Waals surface area contributed by atoms with Gasteiger partial charge in [0.05, 0.1) is 11.4 Å². The van der Waals surface area contributed by atoms with Crippen molar-refractivity contribution >= 4 is 40.7 Å². The maximum atomic E-state index is 13.8. The van der Waals surface area contributed by atoms with Gasteiger partial charge in [-0.25, -0.2) is 4.79 Å². The fourth-order valence-electron chi connectivity index (χ4n) is 9.13. The molecule has 10 nitrogen and oxygen atoms in total. The topological polar surface area (TPSA) is 122 Å². The van der Waals surface area contributed by atoms with E-state index in [4.69, 9.17) is 5.73 Å². The van der Waals surface area contributed by atoms with Gasteiger partial charge in [0.2, 0.25) is 5.91 Å². The van der Waals surface area contributed by atoms with Gasteiger partial charge in [0, 0.05) is 62.1 Å². The second-order valence-corrected chi connectivity index (χ2v) is 14.2. The molecule has 44 heavy (non-hydrogen) atoms. The molecule has 2 heterocycles. The van der Waals surface area contributed by atoms with Crippen LogP contribution in [0.15, 0.2) is 48.5 Å². The van der Waals surface area contributed by atoms with E-state index in [-0.39, 0.29) is 23.4 Å². The van der Waals surface area contributed by atoms with Gasteiger partial charge in [-0.3, -0.25) is 19.4 Å². The fourth-order valence-corrected chi connectivity index (χ4v) is 9.13. The lowest BCUT2D eigenvalue weighted by molar-refractivity contribution is -0.149. The summed E-state index contributed by atoms with van der Waals surface area (Å²) >= 11 is 0. The van der Waals surface area contributed by atoms with Crippen LogP contribution in [0.4, 0.5) is 27.5 Å². The number of para-hydroxylation sites is 2. The molecule has 3 amide bonds. The van der Waals surface area contributed by atoms with Crippen molar-refractivity contribution < 1.29 is 19.5 Å². The second-order valence-electron chi connectivity index (χ2n) is 14.2. The standard InChI is InChI=1S/C34H44N6O4/c1-33(2,31(42)43)38-13-11-37(12-14-38)25-7-9-26(10-8-25)39-15-16-40(28-6-4-3-5-27(28)39)32(44)36-29-23-17-22-18-24(29)21-34(19-22,20-23)30(35)41/h3-10,22-24,29H,11-21H2,1-2H3,(H2,35,41)(H,36,44)(H,42,43)/t22?,23-,24+,29?,34?. The highest BCUT2D eigenvalue weighted by Crippen LogP contribution is 2.60. The van der Waals surface area contributed by atoms with Gasteiger partial charge < -0.3 is 26.0 Å². The predicted molar refractivity (Wildman–Crippen MR) is 170 cm³/mol. The van der Waals surface area contributed by atoms with Gasteiger partial charge in [-0.1, -0.05) is 12.1 Å². The van der Waals surface area contributed by atoms with Gasteiger partial charge in [0.25, 0.3) is 0 Å². The summed E-state index contributed by atoms with van der Waals surface area (Å²) in [5.74, 6) is 0.248. The molecular weight excluding hydrogens is 556 g/mol. The normalized spacial score (nSPS) is 29.8. The summed E-state index contributed by atoms with van der Waals surface area (Å²) in [4.78, 5) is 46.4. The number of hydrogen-bond donors (Lipinski definition) is 3. The molecule has 4 N–H and O–H groups in total. The third-order valence-corrected chi connectivity index (χ3v) is 11.5. The summed E-state index contributed by atoms with van der Waals surface area (Å²) in [5.41, 5.74) is 8.75. The van der Waals surface area contributed by atoms with Gasteiger partial charge in [0.15, 0.2) is 0 Å². The number of amides is 3. The minimum atomic E-state index is -0.869. The molecule has 0 spiro atoms. The molecule has 10 heteroatoms. The SMILES string of the molecule is CC(C)(C(=O)O)N1CCN(c2ccc(N3CCN(C(=O)NC4[C@@H]5CC6C[C@H]4CC(C(N)=O)(C6)C5)c4ccccc43)cc2)CC1. The third-order valence-electron chi connectivity index (χ3n) is 11.5. The number of fused-ring (bicyclic) bond motifs is 1. The van der Waals surface area contributed by atoms with Crippen LogP contribution in [0.3, 0.4) is 0 Å². The summed E-state index contributed by atoms with van der Waals surface area (Å²) in [7, 11) is 0. The zero-order valence-electron chi connectivity index (χ0n) is 25.7. The van der Waals surface area contributed by atoms with Gasteiger partial charge >= 0.3 is 12.0 Å². The monoisotopic (exact) mass is 600 g/mol. The number of benzene rings is 2. The number of piperazine rings is 1. The Morgan fingerprint density at radius 3 is 2.07 bits per heavy atom. The Labute approximate surface area is 259 Å². The fraction of sp³-hybridized carbons (Fsp3) is 0.559. The Balaban J connectivity index is 1.03. The maximum Gasteiger partial charge on any atom is 0.323 e. The highest BCUT2D eigenvalue weighted by Gasteiger charge is 2.58. The predicted octanol–water partition coefficient (Wildman–Crippen LogP) is 4.02. The molecule has 5 fully saturated rings. The van der Waals surface area contributed by atoms with E-state index >= 15 is 0 Å². The number of aliphatic carboxylic acids is 1. The maximum absolute atomic E-state index is 13.8. The lowest BCUT2D eigenvalue weighted by Crippen LogP contribution is -2.63. The number of hydrogen-bond acceptors (Lipinski definition) is 6. The first-order chi connectivity index (χ1) is 21.1. The Morgan fingerprint density at radius 1 is 0.841 bits per heavy atom. The minimum Gasteiger partial charge on any atom is -0.480 e. The summed E-state index contributed by atoms with van der Waals surface area (Å²) in [5, 5.41) is 13.0. The van der Waals surface area contributed by atoms with E-state index in [2.05, 4.69) is 45.4 Å². The van der Waals surface area contributed by atoms with Crippen molar-refractivity contribution in [1.82, 2.24) is 10.2 Å². The van der Waals surface area contributed by atoms with E-state index in [1.807, 2.05) is 28.0 Å². The van der Waals surface area contributed by atoms with Crippen LogP contribution >= 0.6 is 0 Å². The summed E-state index contributed by atoms with van der Waals surface area (Å²) in [6.45, 7) is 7.74. The Morgan fingerprint density at radius 2 is 1.45 bits per heavy atom. The molecule has 0 radical (unpaired) electrons. The lowest BCUT2D eigenvalue weighted by Gasteiger charge is -2.59. The van der Waals surface area contributed by atoms with Gasteiger partial charge in [-0.05, 0) is 100 Å². The van der Waals surface area contributed by atoms with E-state index in [0.29, 0.717) is 43.9 Å². The van der Waals surface area contributed by atoms with E-state index in [9.17, 15) is 19.5 Å². The molecule has 2 aromatic carbocycles. The highest BCUT2D eigenvalue weighted by atomic mass is 16.4. The van der Waals surface area contributed by atoms with Gasteiger partial charge in [-0.2, -0.15) is 0 Å². The average molecular weight is 601 g/mol. The molecule has 1 saturated heterocycles. The van der Waals surface area contributed by atoms with Crippen LogP contribution in [0.1, 0.15) is 46.0 Å². The van der Waals surface area contributed by atoms with Crippen molar-refractivity contribution in [3.05, 3.63) is 48.5 Å². The number of carboxylic acids is 1. The van der Waals surface area contributed by atoms with Crippen molar-refractivity contribution in [2.45, 2.75) is 57.5 Å². The second kappa shape index (κ2) is 10.7. The van der Waals surface area contributed by atoms with Crippen molar-refractivity contribution in [3.63, 3.8) is 0 Å². The molecule has 4 aliphatic carbocycles. The Bertz CT molecular complexity index is 1440. The quantitative estimate of drug-likeness (QED) is 0.458. The number of nitrogens with one attached hydrogen (secondary N) is 1. The summed E-state index contributed by atoms with van der Waals surface area (Å²) < 4.78 is 0. The largest absolute Gasteiger partial charge is 0.480 e. The zero-order valence-corrected chi connectivity index (χ0v) is 25.7. The van der Waals surface area contributed by atoms with E-state index in [1.165, 1.54) is 0 Å². The number of carbonyl (C=O) groups excluding carboxylic acids is 2. The molecular formula is C34H44N6O4. The van der Waals surface area contributed by atoms with E-state index in [0.717, 1.165) is 67.9 Å². The van der Waals surface area contributed by atoms with Crippen LogP contribution in [0.2, 0.25) is 0 Å². The van der Waals surface area contributed by atoms with E-state index in [1.54, 1.807) is 13.8 Å². The van der Waals surface area contributed by atoms with Gasteiger partial charge in [0.1, 0.15) is 5.54 Å². The molecule has 4 bridgehead atoms. The number of carbonyl (C=O) groups is 3. The van der Waals surface area contributed by atoms with Crippen LogP contribution in [0.5, 0.6) is 0 Å². The number of nitrogens with two attached hydrogens (primary N) is 1. The van der Waals surface area contributed by atoms with Crippen molar-refractivity contribution in [2.24, 2.45) is 28.9 Å². The number of rotatable bonds is 6. The molecule has 5 atom stereocenters.